The molecule has 98 valence electrons. The maximum Gasteiger partial charge on any atom is 0.128 e. The van der Waals surface area contributed by atoms with Crippen LogP contribution < -0.4 is 0 Å². The third-order valence-corrected chi connectivity index (χ3v) is 3.36. The maximum absolute atomic E-state index is 8.24. The molecule has 0 amide bonds. The number of nitrogens with zero attached hydrogens (tertiary/aromatic N) is 2. The van der Waals surface area contributed by atoms with Gasteiger partial charge in [-0.25, -0.2) is 0 Å². The van der Waals surface area contributed by atoms with Crippen LogP contribution in [0.1, 0.15) is 19.4 Å². The number of hydrogen-bond donors (Lipinski definition) is 1. The fourth-order valence-corrected chi connectivity index (χ4v) is 2.45. The molecular formula is C15H23N3. The molecule has 0 bridgehead atoms. The molecule has 3 nitrogen and oxygen atoms in total. The lowest BCUT2D eigenvalue weighted by atomic mass is 10.1. The van der Waals surface area contributed by atoms with E-state index >= 15 is 0 Å². The van der Waals surface area contributed by atoms with E-state index in [1.165, 1.54) is 6.54 Å². The summed E-state index contributed by atoms with van der Waals surface area (Å²) in [6.45, 7) is 9.80. The highest BCUT2D eigenvalue weighted by Crippen LogP contribution is 2.09. The molecule has 1 fully saturated rings. The maximum atomic E-state index is 8.24. The van der Waals surface area contributed by atoms with Crippen molar-refractivity contribution >= 4 is 5.84 Å². The van der Waals surface area contributed by atoms with Crippen molar-refractivity contribution in [3.8, 4) is 0 Å². The normalized spacial score (nSPS) is 17.2. The molecule has 0 spiro atoms. The minimum Gasteiger partial charge on any atom is -0.354 e. The van der Waals surface area contributed by atoms with Crippen LogP contribution in [0, 0.1) is 11.3 Å². The van der Waals surface area contributed by atoms with Crippen molar-refractivity contribution in [3.05, 3.63) is 35.9 Å². The zero-order valence-electron chi connectivity index (χ0n) is 11.4. The Morgan fingerprint density at radius 2 is 1.72 bits per heavy atom. The van der Waals surface area contributed by atoms with Gasteiger partial charge in [0.25, 0.3) is 0 Å². The van der Waals surface area contributed by atoms with Gasteiger partial charge < -0.3 is 4.90 Å². The summed E-state index contributed by atoms with van der Waals surface area (Å²) < 4.78 is 0. The first-order valence-corrected chi connectivity index (χ1v) is 6.78. The summed E-state index contributed by atoms with van der Waals surface area (Å²) in [5.41, 5.74) is 1.02. The van der Waals surface area contributed by atoms with E-state index in [0.717, 1.165) is 37.7 Å². The second kappa shape index (κ2) is 6.01. The topological polar surface area (TPSA) is 30.3 Å². The molecule has 0 aromatic heterocycles. The van der Waals surface area contributed by atoms with Gasteiger partial charge in [0, 0.05) is 38.3 Å². The number of amidine groups is 1. The number of rotatable bonds is 3. The predicted molar refractivity (Wildman–Crippen MR) is 76.1 cm³/mol. The monoisotopic (exact) mass is 245 g/mol. The highest BCUT2D eigenvalue weighted by Gasteiger charge is 2.19. The second-order valence-electron chi connectivity index (χ2n) is 5.40. The van der Waals surface area contributed by atoms with Gasteiger partial charge in [-0.2, -0.15) is 0 Å². The fourth-order valence-electron chi connectivity index (χ4n) is 2.45. The Balaban J connectivity index is 1.88. The molecule has 0 atom stereocenters. The summed E-state index contributed by atoms with van der Waals surface area (Å²) in [6.07, 6.45) is 0. The standard InChI is InChI=1S/C15H23N3/c1-13(2)12-17-8-10-18(11-9-17)15(16)14-6-4-3-5-7-14/h3-7,13,16H,8-12H2,1-2H3. The summed E-state index contributed by atoms with van der Waals surface area (Å²) in [7, 11) is 0. The Hall–Kier alpha value is -1.35. The molecule has 0 radical (unpaired) electrons. The molecule has 1 saturated heterocycles. The van der Waals surface area contributed by atoms with Gasteiger partial charge in [0.05, 0.1) is 0 Å². The van der Waals surface area contributed by atoms with Crippen LogP contribution >= 0.6 is 0 Å². The Bertz CT molecular complexity index is 378. The molecule has 0 unspecified atom stereocenters. The Kier molecular flexibility index (Phi) is 4.37. The van der Waals surface area contributed by atoms with Gasteiger partial charge in [0.1, 0.15) is 5.84 Å². The summed E-state index contributed by atoms with van der Waals surface area (Å²) in [6, 6.07) is 10.0. The fraction of sp³-hybridized carbons (Fsp3) is 0.533. The second-order valence-corrected chi connectivity index (χ2v) is 5.40. The van der Waals surface area contributed by atoms with Crippen LogP contribution in [0.25, 0.3) is 0 Å². The van der Waals surface area contributed by atoms with Crippen LogP contribution in [0.15, 0.2) is 30.3 Å². The van der Waals surface area contributed by atoms with E-state index in [2.05, 4.69) is 23.6 Å². The molecule has 1 N–H and O–H groups in total. The van der Waals surface area contributed by atoms with E-state index in [9.17, 15) is 0 Å². The lowest BCUT2D eigenvalue weighted by Crippen LogP contribution is -2.49. The van der Waals surface area contributed by atoms with Gasteiger partial charge in [-0.15, -0.1) is 0 Å². The quantitative estimate of drug-likeness (QED) is 0.654. The van der Waals surface area contributed by atoms with Crippen LogP contribution in [0.2, 0.25) is 0 Å². The van der Waals surface area contributed by atoms with E-state index in [-0.39, 0.29) is 0 Å². The molecule has 2 rings (SSSR count). The van der Waals surface area contributed by atoms with Gasteiger partial charge in [0.2, 0.25) is 0 Å². The molecule has 1 aromatic rings. The van der Waals surface area contributed by atoms with Crippen molar-refractivity contribution in [2.24, 2.45) is 5.92 Å². The summed E-state index contributed by atoms with van der Waals surface area (Å²) in [5, 5.41) is 8.24. The SMILES string of the molecule is CC(C)CN1CCN(C(=N)c2ccccc2)CC1. The molecule has 1 aliphatic rings. The van der Waals surface area contributed by atoms with Crippen molar-refractivity contribution < 1.29 is 0 Å². The van der Waals surface area contributed by atoms with Crippen molar-refractivity contribution in [1.82, 2.24) is 9.80 Å². The van der Waals surface area contributed by atoms with Gasteiger partial charge >= 0.3 is 0 Å². The predicted octanol–water partition coefficient (Wildman–Crippen LogP) is 2.29. The average Bonchev–Trinajstić information content (AvgIpc) is 2.39. The molecule has 18 heavy (non-hydrogen) atoms. The first-order chi connectivity index (χ1) is 8.66. The first-order valence-electron chi connectivity index (χ1n) is 6.78. The molecule has 1 heterocycles. The van der Waals surface area contributed by atoms with Crippen molar-refractivity contribution in [2.75, 3.05) is 32.7 Å². The van der Waals surface area contributed by atoms with Crippen molar-refractivity contribution in [1.29, 1.82) is 5.41 Å². The van der Waals surface area contributed by atoms with Gasteiger partial charge in [-0.3, -0.25) is 10.3 Å². The first kappa shape index (κ1) is 13.1. The zero-order chi connectivity index (χ0) is 13.0. The number of hydrogen-bond acceptors (Lipinski definition) is 2. The molecule has 3 heteroatoms. The third-order valence-electron chi connectivity index (χ3n) is 3.36. The highest BCUT2D eigenvalue weighted by molar-refractivity contribution is 5.96. The summed E-state index contributed by atoms with van der Waals surface area (Å²) in [5.74, 6) is 1.39. The molecule has 1 aromatic carbocycles. The van der Waals surface area contributed by atoms with E-state index in [0.29, 0.717) is 5.84 Å². The van der Waals surface area contributed by atoms with Gasteiger partial charge in [0.15, 0.2) is 0 Å². The van der Waals surface area contributed by atoms with Gasteiger partial charge in [-0.1, -0.05) is 44.2 Å². The molecular weight excluding hydrogens is 222 g/mol. The van der Waals surface area contributed by atoms with E-state index in [4.69, 9.17) is 5.41 Å². The van der Waals surface area contributed by atoms with Crippen molar-refractivity contribution in [3.63, 3.8) is 0 Å². The molecule has 0 saturated carbocycles. The van der Waals surface area contributed by atoms with E-state index in [1.54, 1.807) is 0 Å². The van der Waals surface area contributed by atoms with Crippen molar-refractivity contribution in [2.45, 2.75) is 13.8 Å². The van der Waals surface area contributed by atoms with Crippen LogP contribution in [0.4, 0.5) is 0 Å². The number of benzene rings is 1. The lowest BCUT2D eigenvalue weighted by Gasteiger charge is -2.36. The third kappa shape index (κ3) is 3.33. The molecule has 0 aliphatic carbocycles. The largest absolute Gasteiger partial charge is 0.354 e. The number of piperazine rings is 1. The minimum atomic E-state index is 0.666. The minimum absolute atomic E-state index is 0.666. The number of nitrogens with one attached hydrogen (secondary N) is 1. The Morgan fingerprint density at radius 3 is 2.28 bits per heavy atom. The average molecular weight is 245 g/mol. The summed E-state index contributed by atoms with van der Waals surface area (Å²) in [4.78, 5) is 4.69. The van der Waals surface area contributed by atoms with Crippen LogP contribution in [0.5, 0.6) is 0 Å². The van der Waals surface area contributed by atoms with Gasteiger partial charge in [-0.05, 0) is 5.92 Å². The van der Waals surface area contributed by atoms with E-state index in [1.807, 2.05) is 30.3 Å². The highest BCUT2D eigenvalue weighted by atomic mass is 15.3. The zero-order valence-corrected chi connectivity index (χ0v) is 11.4. The van der Waals surface area contributed by atoms with E-state index < -0.39 is 0 Å². The Morgan fingerprint density at radius 1 is 1.11 bits per heavy atom. The summed E-state index contributed by atoms with van der Waals surface area (Å²) >= 11 is 0. The Labute approximate surface area is 110 Å². The lowest BCUT2D eigenvalue weighted by molar-refractivity contribution is 0.166. The smallest absolute Gasteiger partial charge is 0.128 e. The van der Waals surface area contributed by atoms with Crippen LogP contribution in [-0.4, -0.2) is 48.4 Å². The van der Waals surface area contributed by atoms with Crippen LogP contribution in [0.3, 0.4) is 0 Å². The molecule has 1 aliphatic heterocycles. The van der Waals surface area contributed by atoms with Crippen LogP contribution in [-0.2, 0) is 0 Å².